The Morgan fingerprint density at radius 3 is 2.76 bits per heavy atom. The highest BCUT2D eigenvalue weighted by molar-refractivity contribution is 7.12. The van der Waals surface area contributed by atoms with Crippen LogP contribution in [0.2, 0.25) is 0 Å². The molecular weight excluding hydrogens is 232 g/mol. The van der Waals surface area contributed by atoms with Gasteiger partial charge in [0.05, 0.1) is 16.3 Å². The standard InChI is InChI=1S/C13H12N2OS/c14-10-4-1-2-5-11(10)15-8-7-12(16)13-6-3-9-17-13/h1-9,15H,14H2/b8-7+. The summed E-state index contributed by atoms with van der Waals surface area (Å²) in [6.45, 7) is 0. The average molecular weight is 244 g/mol. The smallest absolute Gasteiger partial charge is 0.197 e. The number of thiophene rings is 1. The van der Waals surface area contributed by atoms with E-state index < -0.39 is 0 Å². The Kier molecular flexibility index (Phi) is 3.57. The third kappa shape index (κ3) is 2.95. The van der Waals surface area contributed by atoms with Crippen LogP contribution in [-0.2, 0) is 0 Å². The first-order valence-electron chi connectivity index (χ1n) is 5.13. The van der Waals surface area contributed by atoms with Crippen molar-refractivity contribution in [1.82, 2.24) is 0 Å². The summed E-state index contributed by atoms with van der Waals surface area (Å²) in [5.41, 5.74) is 7.20. The number of carbonyl (C=O) groups is 1. The van der Waals surface area contributed by atoms with Crippen LogP contribution < -0.4 is 11.1 Å². The van der Waals surface area contributed by atoms with Crippen LogP contribution in [0.5, 0.6) is 0 Å². The fraction of sp³-hybridized carbons (Fsp3) is 0. The molecule has 86 valence electrons. The molecule has 1 aromatic heterocycles. The fourth-order valence-electron chi connectivity index (χ4n) is 1.34. The number of ketones is 1. The second kappa shape index (κ2) is 5.32. The summed E-state index contributed by atoms with van der Waals surface area (Å²) in [4.78, 5) is 12.4. The number of carbonyl (C=O) groups excluding carboxylic acids is 1. The maximum atomic E-state index is 11.6. The predicted octanol–water partition coefficient (Wildman–Crippen LogP) is 3.14. The first kappa shape index (κ1) is 11.4. The number of allylic oxidation sites excluding steroid dienone is 1. The summed E-state index contributed by atoms with van der Waals surface area (Å²) in [5.74, 6) is -0.0120. The highest BCUT2D eigenvalue weighted by Gasteiger charge is 2.01. The van der Waals surface area contributed by atoms with Crippen LogP contribution in [-0.4, -0.2) is 5.78 Å². The monoisotopic (exact) mass is 244 g/mol. The Hall–Kier alpha value is -2.07. The van der Waals surface area contributed by atoms with Gasteiger partial charge in [-0.25, -0.2) is 0 Å². The van der Waals surface area contributed by atoms with Crippen molar-refractivity contribution in [3.8, 4) is 0 Å². The summed E-state index contributed by atoms with van der Waals surface area (Å²) in [6, 6.07) is 11.1. The highest BCUT2D eigenvalue weighted by Crippen LogP contribution is 2.16. The molecule has 0 aliphatic carbocycles. The number of nitrogens with one attached hydrogen (secondary N) is 1. The third-order valence-corrected chi connectivity index (χ3v) is 3.08. The lowest BCUT2D eigenvalue weighted by atomic mass is 10.2. The van der Waals surface area contributed by atoms with E-state index in [0.29, 0.717) is 5.69 Å². The van der Waals surface area contributed by atoms with Gasteiger partial charge in [0.15, 0.2) is 5.78 Å². The van der Waals surface area contributed by atoms with Crippen LogP contribution >= 0.6 is 11.3 Å². The summed E-state index contributed by atoms with van der Waals surface area (Å²) in [5, 5.41) is 4.86. The second-order valence-electron chi connectivity index (χ2n) is 3.41. The number of hydrogen-bond donors (Lipinski definition) is 2. The number of anilines is 2. The van der Waals surface area contributed by atoms with E-state index >= 15 is 0 Å². The van der Waals surface area contributed by atoms with E-state index in [1.165, 1.54) is 17.4 Å². The van der Waals surface area contributed by atoms with Crippen molar-refractivity contribution in [2.45, 2.75) is 0 Å². The minimum absolute atomic E-state index is 0.0120. The zero-order valence-electron chi connectivity index (χ0n) is 9.09. The molecule has 4 heteroatoms. The molecule has 0 saturated heterocycles. The van der Waals surface area contributed by atoms with E-state index in [0.717, 1.165) is 10.6 Å². The molecule has 0 bridgehead atoms. The van der Waals surface area contributed by atoms with Gasteiger partial charge in [0.25, 0.3) is 0 Å². The van der Waals surface area contributed by atoms with E-state index in [-0.39, 0.29) is 5.78 Å². The number of para-hydroxylation sites is 2. The normalized spacial score (nSPS) is 10.6. The molecule has 3 nitrogen and oxygen atoms in total. The van der Waals surface area contributed by atoms with E-state index in [4.69, 9.17) is 5.73 Å². The molecule has 0 radical (unpaired) electrons. The maximum absolute atomic E-state index is 11.6. The molecule has 0 atom stereocenters. The lowest BCUT2D eigenvalue weighted by Gasteiger charge is -2.03. The Morgan fingerprint density at radius 2 is 2.06 bits per heavy atom. The topological polar surface area (TPSA) is 55.1 Å². The Morgan fingerprint density at radius 1 is 1.24 bits per heavy atom. The van der Waals surface area contributed by atoms with E-state index in [1.54, 1.807) is 18.3 Å². The molecule has 0 unspecified atom stereocenters. The lowest BCUT2D eigenvalue weighted by Crippen LogP contribution is -1.96. The van der Waals surface area contributed by atoms with Crippen molar-refractivity contribution < 1.29 is 4.79 Å². The molecule has 17 heavy (non-hydrogen) atoms. The number of nitrogens with two attached hydrogens (primary N) is 1. The average Bonchev–Trinajstić information content (AvgIpc) is 2.85. The summed E-state index contributed by atoms with van der Waals surface area (Å²) in [6.07, 6.45) is 3.10. The number of hydrogen-bond acceptors (Lipinski definition) is 4. The van der Waals surface area contributed by atoms with Crippen LogP contribution in [0.3, 0.4) is 0 Å². The van der Waals surface area contributed by atoms with Gasteiger partial charge in [-0.3, -0.25) is 4.79 Å². The van der Waals surface area contributed by atoms with E-state index in [9.17, 15) is 4.79 Å². The molecule has 0 fully saturated rings. The van der Waals surface area contributed by atoms with Crippen LogP contribution in [0.4, 0.5) is 11.4 Å². The quantitative estimate of drug-likeness (QED) is 0.493. The number of benzene rings is 1. The minimum Gasteiger partial charge on any atom is -0.397 e. The molecule has 2 rings (SSSR count). The first-order chi connectivity index (χ1) is 8.27. The highest BCUT2D eigenvalue weighted by atomic mass is 32.1. The Balaban J connectivity index is 1.99. The van der Waals surface area contributed by atoms with Crippen molar-refractivity contribution in [3.05, 3.63) is 58.9 Å². The summed E-state index contributed by atoms with van der Waals surface area (Å²) >= 11 is 1.43. The third-order valence-electron chi connectivity index (χ3n) is 2.20. The lowest BCUT2D eigenvalue weighted by molar-refractivity contribution is 0.105. The first-order valence-corrected chi connectivity index (χ1v) is 6.01. The minimum atomic E-state index is -0.0120. The Bertz CT molecular complexity index is 532. The molecule has 0 aliphatic rings. The molecule has 0 amide bonds. The summed E-state index contributed by atoms with van der Waals surface area (Å²) < 4.78 is 0. The molecule has 1 heterocycles. The van der Waals surface area contributed by atoms with Gasteiger partial charge >= 0.3 is 0 Å². The largest absolute Gasteiger partial charge is 0.397 e. The SMILES string of the molecule is Nc1ccccc1N/C=C/C(=O)c1cccs1. The molecular formula is C13H12N2OS. The van der Waals surface area contributed by atoms with Crippen molar-refractivity contribution in [1.29, 1.82) is 0 Å². The van der Waals surface area contributed by atoms with Gasteiger partial charge in [0, 0.05) is 12.3 Å². The zero-order chi connectivity index (χ0) is 12.1. The number of nitrogen functional groups attached to an aromatic ring is 1. The van der Waals surface area contributed by atoms with Gasteiger partial charge in [-0.05, 0) is 23.6 Å². The number of rotatable bonds is 4. The van der Waals surface area contributed by atoms with Gasteiger partial charge in [-0.2, -0.15) is 0 Å². The fourth-order valence-corrected chi connectivity index (χ4v) is 1.98. The van der Waals surface area contributed by atoms with Crippen molar-refractivity contribution in [2.24, 2.45) is 0 Å². The van der Waals surface area contributed by atoms with Gasteiger partial charge < -0.3 is 11.1 Å². The summed E-state index contributed by atoms with van der Waals surface area (Å²) in [7, 11) is 0. The predicted molar refractivity (Wildman–Crippen MR) is 72.3 cm³/mol. The van der Waals surface area contributed by atoms with Gasteiger partial charge in [-0.15, -0.1) is 11.3 Å². The van der Waals surface area contributed by atoms with E-state index in [2.05, 4.69) is 5.32 Å². The molecule has 0 saturated carbocycles. The Labute approximate surface area is 104 Å². The van der Waals surface area contributed by atoms with Gasteiger partial charge in [0.1, 0.15) is 0 Å². The second-order valence-corrected chi connectivity index (χ2v) is 4.35. The van der Waals surface area contributed by atoms with Gasteiger partial charge in [-0.1, -0.05) is 18.2 Å². The van der Waals surface area contributed by atoms with Gasteiger partial charge in [0.2, 0.25) is 0 Å². The van der Waals surface area contributed by atoms with Crippen LogP contribution in [0, 0.1) is 0 Å². The molecule has 2 aromatic rings. The molecule has 1 aromatic carbocycles. The van der Waals surface area contributed by atoms with Crippen LogP contribution in [0.15, 0.2) is 54.1 Å². The zero-order valence-corrected chi connectivity index (χ0v) is 9.91. The van der Waals surface area contributed by atoms with Crippen molar-refractivity contribution in [2.75, 3.05) is 11.1 Å². The molecule has 0 aliphatic heterocycles. The van der Waals surface area contributed by atoms with Crippen LogP contribution in [0.1, 0.15) is 9.67 Å². The van der Waals surface area contributed by atoms with Crippen molar-refractivity contribution in [3.63, 3.8) is 0 Å². The molecule has 3 N–H and O–H groups in total. The van der Waals surface area contributed by atoms with E-state index in [1.807, 2.05) is 29.6 Å². The van der Waals surface area contributed by atoms with Crippen molar-refractivity contribution >= 4 is 28.5 Å². The molecule has 0 spiro atoms. The van der Waals surface area contributed by atoms with Crippen LogP contribution in [0.25, 0.3) is 0 Å². The maximum Gasteiger partial charge on any atom is 0.197 e.